The molecule has 0 aliphatic carbocycles. The lowest BCUT2D eigenvalue weighted by molar-refractivity contribution is 0.634. The van der Waals surface area contributed by atoms with Crippen molar-refractivity contribution in [2.45, 2.75) is 6.92 Å². The lowest BCUT2D eigenvalue weighted by Gasteiger charge is -2.35. The molecule has 2 aromatic heterocycles. The molecule has 1 fully saturated rings. The maximum atomic E-state index is 8.91. The molecule has 8 nitrogen and oxygen atoms in total. The molecule has 1 aliphatic heterocycles. The summed E-state index contributed by atoms with van der Waals surface area (Å²) in [5, 5.41) is 12.1. The van der Waals surface area contributed by atoms with Gasteiger partial charge in [-0.15, -0.1) is 0 Å². The van der Waals surface area contributed by atoms with E-state index in [9.17, 15) is 0 Å². The Hall–Kier alpha value is -3.73. The second kappa shape index (κ2) is 7.88. The summed E-state index contributed by atoms with van der Waals surface area (Å²) in [6, 6.07) is 13.2. The standard InChI is InChI=1S/C20H20N8/c1-15-13-18(26-19(24-15)25-17-5-3-16(14-21)4-6-17)27-9-11-28(12-10-27)20-22-7-2-8-23-20/h2-8,13H,9-12H2,1H3,(H,24,25,26). The summed E-state index contributed by atoms with van der Waals surface area (Å²) in [6.07, 6.45) is 3.53. The molecule has 1 aromatic carbocycles. The molecule has 0 bridgehead atoms. The van der Waals surface area contributed by atoms with Gasteiger partial charge in [0.05, 0.1) is 11.6 Å². The topological polar surface area (TPSA) is 93.9 Å². The van der Waals surface area contributed by atoms with Crippen LogP contribution in [0.2, 0.25) is 0 Å². The van der Waals surface area contributed by atoms with E-state index in [1.807, 2.05) is 31.2 Å². The second-order valence-electron chi connectivity index (χ2n) is 6.53. The molecule has 0 spiro atoms. The molecule has 8 heteroatoms. The van der Waals surface area contributed by atoms with Gasteiger partial charge in [-0.05, 0) is 37.3 Å². The number of aryl methyl sites for hydroxylation is 1. The summed E-state index contributed by atoms with van der Waals surface area (Å²) < 4.78 is 0. The van der Waals surface area contributed by atoms with E-state index in [2.05, 4.69) is 41.1 Å². The van der Waals surface area contributed by atoms with Crippen LogP contribution in [0.25, 0.3) is 0 Å². The first kappa shape index (κ1) is 17.7. The smallest absolute Gasteiger partial charge is 0.229 e. The summed E-state index contributed by atoms with van der Waals surface area (Å²) in [7, 11) is 0. The van der Waals surface area contributed by atoms with E-state index >= 15 is 0 Å². The van der Waals surface area contributed by atoms with Crippen LogP contribution in [0.3, 0.4) is 0 Å². The van der Waals surface area contributed by atoms with E-state index in [4.69, 9.17) is 5.26 Å². The van der Waals surface area contributed by atoms with Crippen LogP contribution < -0.4 is 15.1 Å². The minimum Gasteiger partial charge on any atom is -0.353 e. The molecule has 3 aromatic rings. The summed E-state index contributed by atoms with van der Waals surface area (Å²) in [4.78, 5) is 22.3. The highest BCUT2D eigenvalue weighted by Gasteiger charge is 2.20. The molecule has 0 atom stereocenters. The summed E-state index contributed by atoms with van der Waals surface area (Å²) in [5.41, 5.74) is 2.37. The average molecular weight is 372 g/mol. The third kappa shape index (κ3) is 3.99. The van der Waals surface area contributed by atoms with Crippen molar-refractivity contribution in [2.75, 3.05) is 41.3 Å². The van der Waals surface area contributed by atoms with Crippen molar-refractivity contribution in [3.05, 3.63) is 60.0 Å². The van der Waals surface area contributed by atoms with Crippen molar-refractivity contribution >= 4 is 23.4 Å². The van der Waals surface area contributed by atoms with Crippen LogP contribution in [-0.2, 0) is 0 Å². The van der Waals surface area contributed by atoms with Crippen molar-refractivity contribution in [3.63, 3.8) is 0 Å². The maximum absolute atomic E-state index is 8.91. The molecule has 0 unspecified atom stereocenters. The van der Waals surface area contributed by atoms with Gasteiger partial charge in [0.1, 0.15) is 5.82 Å². The Kier molecular flexibility index (Phi) is 4.97. The van der Waals surface area contributed by atoms with Crippen molar-refractivity contribution in [1.29, 1.82) is 5.26 Å². The highest BCUT2D eigenvalue weighted by molar-refractivity contribution is 5.57. The third-order valence-corrected chi connectivity index (χ3v) is 4.55. The zero-order valence-corrected chi connectivity index (χ0v) is 15.6. The number of anilines is 4. The summed E-state index contributed by atoms with van der Waals surface area (Å²) >= 11 is 0. The van der Waals surface area contributed by atoms with Gasteiger partial charge in [0.25, 0.3) is 0 Å². The Morgan fingerprint density at radius 3 is 2.32 bits per heavy atom. The number of nitrogens with one attached hydrogen (secondary N) is 1. The Morgan fingerprint density at radius 1 is 0.964 bits per heavy atom. The normalized spacial score (nSPS) is 13.9. The Labute approximate surface area is 163 Å². The number of hydrogen-bond donors (Lipinski definition) is 1. The van der Waals surface area contributed by atoms with Crippen LogP contribution in [0.4, 0.5) is 23.4 Å². The van der Waals surface area contributed by atoms with Crippen LogP contribution in [0.5, 0.6) is 0 Å². The molecule has 140 valence electrons. The van der Waals surface area contributed by atoms with Gasteiger partial charge in [0.2, 0.25) is 11.9 Å². The van der Waals surface area contributed by atoms with E-state index in [1.54, 1.807) is 24.5 Å². The van der Waals surface area contributed by atoms with Gasteiger partial charge in [-0.1, -0.05) is 0 Å². The van der Waals surface area contributed by atoms with E-state index in [0.29, 0.717) is 11.5 Å². The highest BCUT2D eigenvalue weighted by Crippen LogP contribution is 2.20. The van der Waals surface area contributed by atoms with Crippen LogP contribution in [0.15, 0.2) is 48.8 Å². The van der Waals surface area contributed by atoms with Gasteiger partial charge in [-0.25, -0.2) is 15.0 Å². The number of aromatic nitrogens is 4. The molecule has 28 heavy (non-hydrogen) atoms. The Balaban J connectivity index is 1.46. The van der Waals surface area contributed by atoms with Gasteiger partial charge < -0.3 is 15.1 Å². The minimum absolute atomic E-state index is 0.550. The van der Waals surface area contributed by atoms with Crippen LogP contribution in [0, 0.1) is 18.3 Å². The fourth-order valence-electron chi connectivity index (χ4n) is 3.12. The van der Waals surface area contributed by atoms with E-state index < -0.39 is 0 Å². The molecule has 4 rings (SSSR count). The molecule has 1 aliphatic rings. The molecular formula is C20H20N8. The number of nitrogens with zero attached hydrogens (tertiary/aromatic N) is 7. The molecule has 0 amide bonds. The zero-order chi connectivity index (χ0) is 19.3. The van der Waals surface area contributed by atoms with Crippen LogP contribution >= 0.6 is 0 Å². The molecule has 1 saturated heterocycles. The fourth-order valence-corrected chi connectivity index (χ4v) is 3.12. The summed E-state index contributed by atoms with van der Waals surface area (Å²) in [5.74, 6) is 2.22. The number of piperazine rings is 1. The lowest BCUT2D eigenvalue weighted by atomic mass is 10.2. The predicted octanol–water partition coefficient (Wildman–Crippen LogP) is 2.52. The fraction of sp³-hybridized carbons (Fsp3) is 0.250. The first-order valence-electron chi connectivity index (χ1n) is 9.11. The van der Waals surface area contributed by atoms with E-state index in [0.717, 1.165) is 49.3 Å². The monoisotopic (exact) mass is 372 g/mol. The molecule has 1 N–H and O–H groups in total. The third-order valence-electron chi connectivity index (χ3n) is 4.55. The first-order chi connectivity index (χ1) is 13.7. The largest absolute Gasteiger partial charge is 0.353 e. The van der Waals surface area contributed by atoms with Crippen molar-refractivity contribution < 1.29 is 0 Å². The van der Waals surface area contributed by atoms with E-state index in [-0.39, 0.29) is 0 Å². The average Bonchev–Trinajstić information content (AvgIpc) is 2.75. The van der Waals surface area contributed by atoms with Gasteiger partial charge in [-0.3, -0.25) is 0 Å². The van der Waals surface area contributed by atoms with Crippen molar-refractivity contribution in [1.82, 2.24) is 19.9 Å². The number of rotatable bonds is 4. The zero-order valence-electron chi connectivity index (χ0n) is 15.6. The van der Waals surface area contributed by atoms with Crippen molar-refractivity contribution in [3.8, 4) is 6.07 Å². The first-order valence-corrected chi connectivity index (χ1v) is 9.11. The van der Waals surface area contributed by atoms with Crippen molar-refractivity contribution in [2.24, 2.45) is 0 Å². The minimum atomic E-state index is 0.550. The van der Waals surface area contributed by atoms with Gasteiger partial charge >= 0.3 is 0 Å². The van der Waals surface area contributed by atoms with Gasteiger partial charge in [0, 0.05) is 56.0 Å². The number of hydrogen-bond acceptors (Lipinski definition) is 8. The SMILES string of the molecule is Cc1cc(N2CCN(c3ncccn3)CC2)nc(Nc2ccc(C#N)cc2)n1. The van der Waals surface area contributed by atoms with E-state index in [1.165, 1.54) is 0 Å². The predicted molar refractivity (Wildman–Crippen MR) is 108 cm³/mol. The Bertz CT molecular complexity index is 973. The van der Waals surface area contributed by atoms with Gasteiger partial charge in [0.15, 0.2) is 0 Å². The van der Waals surface area contributed by atoms with Gasteiger partial charge in [-0.2, -0.15) is 10.2 Å². The maximum Gasteiger partial charge on any atom is 0.229 e. The lowest BCUT2D eigenvalue weighted by Crippen LogP contribution is -2.47. The molecular weight excluding hydrogens is 352 g/mol. The summed E-state index contributed by atoms with van der Waals surface area (Å²) in [6.45, 7) is 5.32. The molecule has 0 radical (unpaired) electrons. The quantitative estimate of drug-likeness (QED) is 0.747. The highest BCUT2D eigenvalue weighted by atomic mass is 15.3. The van der Waals surface area contributed by atoms with Crippen LogP contribution in [0.1, 0.15) is 11.3 Å². The van der Waals surface area contributed by atoms with Crippen LogP contribution in [-0.4, -0.2) is 46.1 Å². The molecule has 3 heterocycles. The number of nitriles is 1. The second-order valence-corrected chi connectivity index (χ2v) is 6.53. The Morgan fingerprint density at radius 2 is 1.64 bits per heavy atom. The molecule has 0 saturated carbocycles. The number of benzene rings is 1.